The molecule has 0 atom stereocenters. The standard InChI is InChI=1S/C15H20F2O3/c1-2-3-4-5-6-7-10-20-12-9-8-11(15(18)19)13(16)14(12)17/h8-9H,2-7,10H2,1H3,(H,18,19). The van der Waals surface area contributed by atoms with Gasteiger partial charge < -0.3 is 9.84 Å². The highest BCUT2D eigenvalue weighted by Gasteiger charge is 2.18. The first kappa shape index (κ1) is 16.4. The lowest BCUT2D eigenvalue weighted by atomic mass is 10.1. The van der Waals surface area contributed by atoms with E-state index in [0.717, 1.165) is 31.4 Å². The number of unbranched alkanes of at least 4 members (excludes halogenated alkanes) is 5. The lowest BCUT2D eigenvalue weighted by Crippen LogP contribution is -2.06. The maximum atomic E-state index is 13.5. The third-order valence-electron chi connectivity index (χ3n) is 3.03. The Kier molecular flexibility index (Phi) is 6.98. The minimum Gasteiger partial charge on any atom is -0.490 e. The van der Waals surface area contributed by atoms with E-state index in [-0.39, 0.29) is 5.75 Å². The molecule has 0 aliphatic carbocycles. The first-order chi connectivity index (χ1) is 9.57. The first-order valence-electron chi connectivity index (χ1n) is 6.92. The Morgan fingerprint density at radius 1 is 1.10 bits per heavy atom. The monoisotopic (exact) mass is 286 g/mol. The van der Waals surface area contributed by atoms with Crippen LogP contribution >= 0.6 is 0 Å². The molecule has 0 unspecified atom stereocenters. The van der Waals surface area contributed by atoms with Gasteiger partial charge in [0.2, 0.25) is 5.82 Å². The zero-order chi connectivity index (χ0) is 15.0. The lowest BCUT2D eigenvalue weighted by Gasteiger charge is -2.08. The lowest BCUT2D eigenvalue weighted by molar-refractivity contribution is 0.0690. The number of carbonyl (C=O) groups is 1. The number of rotatable bonds is 9. The maximum Gasteiger partial charge on any atom is 0.338 e. The highest BCUT2D eigenvalue weighted by molar-refractivity contribution is 5.88. The van der Waals surface area contributed by atoms with Crippen molar-refractivity contribution in [2.45, 2.75) is 45.4 Å². The summed E-state index contributed by atoms with van der Waals surface area (Å²) in [6.07, 6.45) is 6.41. The molecular formula is C15H20F2O3. The molecule has 112 valence electrons. The first-order valence-corrected chi connectivity index (χ1v) is 6.92. The summed E-state index contributed by atoms with van der Waals surface area (Å²) < 4.78 is 32.1. The highest BCUT2D eigenvalue weighted by Crippen LogP contribution is 2.23. The molecule has 0 radical (unpaired) electrons. The Balaban J connectivity index is 2.41. The van der Waals surface area contributed by atoms with E-state index in [0.29, 0.717) is 6.61 Å². The minimum absolute atomic E-state index is 0.235. The molecule has 0 fully saturated rings. The average Bonchev–Trinajstić information content (AvgIpc) is 2.42. The largest absolute Gasteiger partial charge is 0.490 e. The molecule has 1 aromatic carbocycles. The van der Waals surface area contributed by atoms with E-state index < -0.39 is 23.2 Å². The van der Waals surface area contributed by atoms with Crippen LogP contribution in [-0.4, -0.2) is 17.7 Å². The highest BCUT2D eigenvalue weighted by atomic mass is 19.2. The van der Waals surface area contributed by atoms with Crippen molar-refractivity contribution in [3.63, 3.8) is 0 Å². The molecule has 1 rings (SSSR count). The Bertz CT molecular complexity index is 447. The molecule has 5 heteroatoms. The molecule has 1 N–H and O–H groups in total. The number of ether oxygens (including phenoxy) is 1. The van der Waals surface area contributed by atoms with Crippen LogP contribution < -0.4 is 4.74 Å². The van der Waals surface area contributed by atoms with Crippen LogP contribution in [0.15, 0.2) is 12.1 Å². The van der Waals surface area contributed by atoms with Crippen molar-refractivity contribution >= 4 is 5.97 Å². The van der Waals surface area contributed by atoms with Gasteiger partial charge in [0.15, 0.2) is 11.6 Å². The van der Waals surface area contributed by atoms with E-state index >= 15 is 0 Å². The molecule has 0 saturated heterocycles. The van der Waals surface area contributed by atoms with E-state index in [1.54, 1.807) is 0 Å². The van der Waals surface area contributed by atoms with E-state index in [1.165, 1.54) is 19.3 Å². The van der Waals surface area contributed by atoms with Crippen LogP contribution in [0, 0.1) is 11.6 Å². The van der Waals surface area contributed by atoms with Gasteiger partial charge >= 0.3 is 5.97 Å². The van der Waals surface area contributed by atoms with Gasteiger partial charge in [-0.25, -0.2) is 9.18 Å². The predicted molar refractivity (Wildman–Crippen MR) is 72.2 cm³/mol. The van der Waals surface area contributed by atoms with Crippen molar-refractivity contribution in [1.29, 1.82) is 0 Å². The molecule has 3 nitrogen and oxygen atoms in total. The summed E-state index contributed by atoms with van der Waals surface area (Å²) in [5.74, 6) is -4.35. The second-order valence-corrected chi connectivity index (χ2v) is 4.66. The topological polar surface area (TPSA) is 46.5 Å². The number of benzene rings is 1. The zero-order valence-electron chi connectivity index (χ0n) is 11.6. The second kappa shape index (κ2) is 8.51. The molecule has 20 heavy (non-hydrogen) atoms. The van der Waals surface area contributed by atoms with Gasteiger partial charge in [-0.05, 0) is 18.6 Å². The molecule has 0 aliphatic rings. The van der Waals surface area contributed by atoms with E-state index in [1.807, 2.05) is 0 Å². The summed E-state index contributed by atoms with van der Waals surface area (Å²) in [4.78, 5) is 10.6. The molecule has 0 aliphatic heterocycles. The Hall–Kier alpha value is -1.65. The molecular weight excluding hydrogens is 266 g/mol. The second-order valence-electron chi connectivity index (χ2n) is 4.66. The summed E-state index contributed by atoms with van der Waals surface area (Å²) in [6.45, 7) is 2.44. The third kappa shape index (κ3) is 4.79. The van der Waals surface area contributed by atoms with Crippen LogP contribution in [0.4, 0.5) is 8.78 Å². The van der Waals surface area contributed by atoms with Crippen LogP contribution in [0.3, 0.4) is 0 Å². The smallest absolute Gasteiger partial charge is 0.338 e. The van der Waals surface area contributed by atoms with Crippen LogP contribution in [0.25, 0.3) is 0 Å². The van der Waals surface area contributed by atoms with Gasteiger partial charge in [-0.1, -0.05) is 39.0 Å². The fourth-order valence-electron chi connectivity index (χ4n) is 1.87. The number of carboxylic acid groups (broad SMARTS) is 1. The van der Waals surface area contributed by atoms with Crippen molar-refractivity contribution in [2.75, 3.05) is 6.61 Å². The van der Waals surface area contributed by atoms with Crippen LogP contribution in [-0.2, 0) is 0 Å². The number of hydrogen-bond acceptors (Lipinski definition) is 2. The zero-order valence-corrected chi connectivity index (χ0v) is 11.6. The van der Waals surface area contributed by atoms with Gasteiger partial charge in [0.25, 0.3) is 0 Å². The molecule has 0 saturated carbocycles. The molecule has 1 aromatic rings. The van der Waals surface area contributed by atoms with Crippen LogP contribution in [0.5, 0.6) is 5.75 Å². The SMILES string of the molecule is CCCCCCCCOc1ccc(C(=O)O)c(F)c1F. The van der Waals surface area contributed by atoms with Crippen LogP contribution in [0.2, 0.25) is 0 Å². The predicted octanol–water partition coefficient (Wildman–Crippen LogP) is 4.40. The van der Waals surface area contributed by atoms with Crippen molar-refractivity contribution in [3.05, 3.63) is 29.3 Å². The summed E-state index contributed by atoms with van der Waals surface area (Å²) >= 11 is 0. The maximum absolute atomic E-state index is 13.5. The fourth-order valence-corrected chi connectivity index (χ4v) is 1.87. The molecule has 0 amide bonds. The van der Waals surface area contributed by atoms with Gasteiger partial charge in [0.1, 0.15) is 0 Å². The number of halogens is 2. The van der Waals surface area contributed by atoms with Gasteiger partial charge in [-0.15, -0.1) is 0 Å². The number of hydrogen-bond donors (Lipinski definition) is 1. The van der Waals surface area contributed by atoms with Gasteiger partial charge in [0.05, 0.1) is 12.2 Å². The van der Waals surface area contributed by atoms with Gasteiger partial charge in [0, 0.05) is 0 Å². The van der Waals surface area contributed by atoms with Gasteiger partial charge in [-0.3, -0.25) is 0 Å². The Morgan fingerprint density at radius 3 is 2.40 bits per heavy atom. The summed E-state index contributed by atoms with van der Waals surface area (Å²) in [5.41, 5.74) is -0.686. The number of carboxylic acids is 1. The van der Waals surface area contributed by atoms with E-state index in [2.05, 4.69) is 6.92 Å². The Morgan fingerprint density at radius 2 is 1.75 bits per heavy atom. The van der Waals surface area contributed by atoms with E-state index in [9.17, 15) is 13.6 Å². The third-order valence-corrected chi connectivity index (χ3v) is 3.03. The van der Waals surface area contributed by atoms with Crippen molar-refractivity contribution in [3.8, 4) is 5.75 Å². The quantitative estimate of drug-likeness (QED) is 0.684. The number of aromatic carboxylic acids is 1. The summed E-state index contributed by atoms with van der Waals surface area (Å²) in [5, 5.41) is 8.65. The normalized spacial score (nSPS) is 10.6. The minimum atomic E-state index is -1.50. The molecule has 0 spiro atoms. The Labute approximate surface area is 117 Å². The molecule has 0 aromatic heterocycles. The molecule has 0 heterocycles. The molecule has 0 bridgehead atoms. The van der Waals surface area contributed by atoms with E-state index in [4.69, 9.17) is 9.84 Å². The average molecular weight is 286 g/mol. The van der Waals surface area contributed by atoms with Crippen LogP contribution in [0.1, 0.15) is 55.8 Å². The van der Waals surface area contributed by atoms with Crippen molar-refractivity contribution < 1.29 is 23.4 Å². The van der Waals surface area contributed by atoms with Crippen molar-refractivity contribution in [2.24, 2.45) is 0 Å². The fraction of sp³-hybridized carbons (Fsp3) is 0.533. The summed E-state index contributed by atoms with van der Waals surface area (Å²) in [7, 11) is 0. The van der Waals surface area contributed by atoms with Crippen molar-refractivity contribution in [1.82, 2.24) is 0 Å². The summed E-state index contributed by atoms with van der Waals surface area (Å²) in [6, 6.07) is 2.16. The van der Waals surface area contributed by atoms with Gasteiger partial charge in [-0.2, -0.15) is 4.39 Å².